The summed E-state index contributed by atoms with van der Waals surface area (Å²) in [5.41, 5.74) is 0. The molecule has 1 aliphatic rings. The second-order valence-electron chi connectivity index (χ2n) is 4.51. The molecule has 3 unspecified atom stereocenters. The molecule has 1 rings (SSSR count). The molecule has 90 valence electrons. The highest BCUT2D eigenvalue weighted by molar-refractivity contribution is 7.98. The predicted molar refractivity (Wildman–Crippen MR) is 68.6 cm³/mol. The van der Waals surface area contributed by atoms with Crippen molar-refractivity contribution in [2.24, 2.45) is 0 Å². The Morgan fingerprint density at radius 1 is 1.40 bits per heavy atom. The maximum absolute atomic E-state index is 5.54. The number of thioether (sulfide) groups is 1. The van der Waals surface area contributed by atoms with Crippen molar-refractivity contribution in [2.75, 3.05) is 19.1 Å². The van der Waals surface area contributed by atoms with Crippen molar-refractivity contribution in [1.29, 1.82) is 0 Å². The Labute approximate surface area is 98.5 Å². The molecule has 1 fully saturated rings. The topological polar surface area (TPSA) is 21.3 Å². The van der Waals surface area contributed by atoms with Crippen LogP contribution in [0.15, 0.2) is 0 Å². The number of nitrogens with one attached hydrogen (secondary N) is 1. The van der Waals surface area contributed by atoms with E-state index >= 15 is 0 Å². The third-order valence-corrected chi connectivity index (χ3v) is 3.90. The Morgan fingerprint density at radius 2 is 2.13 bits per heavy atom. The van der Waals surface area contributed by atoms with Crippen LogP contribution in [0.5, 0.6) is 0 Å². The quantitative estimate of drug-likeness (QED) is 0.759. The van der Waals surface area contributed by atoms with E-state index in [1.54, 1.807) is 0 Å². The number of hydrogen-bond acceptors (Lipinski definition) is 3. The third kappa shape index (κ3) is 4.75. The molecule has 0 spiro atoms. The Morgan fingerprint density at radius 3 is 2.80 bits per heavy atom. The van der Waals surface area contributed by atoms with Gasteiger partial charge in [-0.1, -0.05) is 12.8 Å². The zero-order chi connectivity index (χ0) is 11.1. The predicted octanol–water partition coefficient (Wildman–Crippen LogP) is 2.68. The number of ether oxygens (including phenoxy) is 1. The van der Waals surface area contributed by atoms with Gasteiger partial charge in [-0.3, -0.25) is 0 Å². The fraction of sp³-hybridized carbons (Fsp3) is 1.00. The lowest BCUT2D eigenvalue weighted by atomic mass is 9.92. The van der Waals surface area contributed by atoms with Gasteiger partial charge in [-0.15, -0.1) is 0 Å². The first-order valence-corrected chi connectivity index (χ1v) is 7.45. The van der Waals surface area contributed by atoms with Gasteiger partial charge in [-0.25, -0.2) is 0 Å². The molecule has 1 N–H and O–H groups in total. The maximum Gasteiger partial charge on any atom is 0.0724 e. The Hall–Kier alpha value is 0.270. The molecule has 1 saturated carbocycles. The second-order valence-corrected chi connectivity index (χ2v) is 5.50. The molecule has 15 heavy (non-hydrogen) atoms. The summed E-state index contributed by atoms with van der Waals surface area (Å²) < 4.78 is 5.54. The molecule has 2 nitrogen and oxygen atoms in total. The molecule has 0 heterocycles. The molecule has 3 heteroatoms. The summed E-state index contributed by atoms with van der Waals surface area (Å²) >= 11 is 1.93. The first-order chi connectivity index (χ1) is 7.27. The van der Waals surface area contributed by atoms with Crippen molar-refractivity contribution in [3.63, 3.8) is 0 Å². The molecule has 0 amide bonds. The first kappa shape index (κ1) is 13.3. The fourth-order valence-electron chi connectivity index (χ4n) is 2.31. The van der Waals surface area contributed by atoms with Crippen molar-refractivity contribution in [3.8, 4) is 0 Å². The highest BCUT2D eigenvalue weighted by Gasteiger charge is 2.25. The van der Waals surface area contributed by atoms with Crippen molar-refractivity contribution in [2.45, 2.75) is 57.2 Å². The van der Waals surface area contributed by atoms with Gasteiger partial charge in [0.05, 0.1) is 6.10 Å². The Kier molecular flexibility index (Phi) is 6.69. The van der Waals surface area contributed by atoms with Gasteiger partial charge in [0.2, 0.25) is 0 Å². The van der Waals surface area contributed by atoms with Crippen LogP contribution in [0, 0.1) is 0 Å². The molecule has 0 aromatic carbocycles. The van der Waals surface area contributed by atoms with Crippen molar-refractivity contribution < 1.29 is 4.74 Å². The van der Waals surface area contributed by atoms with Crippen LogP contribution in [0.2, 0.25) is 0 Å². The molecule has 0 bridgehead atoms. The fourth-order valence-corrected chi connectivity index (χ4v) is 2.90. The van der Waals surface area contributed by atoms with Crippen LogP contribution in [-0.4, -0.2) is 37.3 Å². The SMILES string of the molecule is COC1CCCCC1NC(C)CCSC. The van der Waals surface area contributed by atoms with Crippen LogP contribution in [0.3, 0.4) is 0 Å². The van der Waals surface area contributed by atoms with E-state index in [-0.39, 0.29) is 0 Å². The van der Waals surface area contributed by atoms with Gasteiger partial charge in [0.1, 0.15) is 0 Å². The monoisotopic (exact) mass is 231 g/mol. The van der Waals surface area contributed by atoms with E-state index in [1.165, 1.54) is 37.9 Å². The van der Waals surface area contributed by atoms with E-state index in [4.69, 9.17) is 4.74 Å². The highest BCUT2D eigenvalue weighted by Crippen LogP contribution is 2.21. The molecule has 3 atom stereocenters. The number of rotatable bonds is 6. The van der Waals surface area contributed by atoms with Crippen LogP contribution in [0.4, 0.5) is 0 Å². The minimum absolute atomic E-state index is 0.440. The second kappa shape index (κ2) is 7.53. The highest BCUT2D eigenvalue weighted by atomic mass is 32.2. The van der Waals surface area contributed by atoms with Crippen LogP contribution < -0.4 is 5.32 Å². The van der Waals surface area contributed by atoms with Gasteiger partial charge in [0.25, 0.3) is 0 Å². The molecule has 1 aliphatic carbocycles. The molecule has 0 aromatic heterocycles. The molecule has 0 radical (unpaired) electrons. The van der Waals surface area contributed by atoms with Crippen LogP contribution in [-0.2, 0) is 4.74 Å². The maximum atomic E-state index is 5.54. The lowest BCUT2D eigenvalue weighted by Crippen LogP contribution is -2.47. The summed E-state index contributed by atoms with van der Waals surface area (Å²) in [4.78, 5) is 0. The smallest absolute Gasteiger partial charge is 0.0724 e. The van der Waals surface area contributed by atoms with Crippen molar-refractivity contribution >= 4 is 11.8 Å². The van der Waals surface area contributed by atoms with Crippen molar-refractivity contribution in [3.05, 3.63) is 0 Å². The van der Waals surface area contributed by atoms with Crippen LogP contribution >= 0.6 is 11.8 Å². The van der Waals surface area contributed by atoms with Crippen molar-refractivity contribution in [1.82, 2.24) is 5.32 Å². The molecular weight excluding hydrogens is 206 g/mol. The van der Waals surface area contributed by atoms with E-state index in [1.807, 2.05) is 18.9 Å². The van der Waals surface area contributed by atoms with Gasteiger partial charge in [-0.2, -0.15) is 11.8 Å². The van der Waals surface area contributed by atoms with Gasteiger partial charge in [0, 0.05) is 19.2 Å². The van der Waals surface area contributed by atoms with E-state index < -0.39 is 0 Å². The van der Waals surface area contributed by atoms with Gasteiger partial charge < -0.3 is 10.1 Å². The van der Waals surface area contributed by atoms with E-state index in [0.717, 1.165) is 0 Å². The average molecular weight is 231 g/mol. The summed E-state index contributed by atoms with van der Waals surface area (Å²) in [7, 11) is 1.84. The molecular formula is C12H25NOS. The normalized spacial score (nSPS) is 29.0. The minimum Gasteiger partial charge on any atom is -0.380 e. The lowest BCUT2D eigenvalue weighted by molar-refractivity contribution is 0.0383. The zero-order valence-electron chi connectivity index (χ0n) is 10.3. The average Bonchev–Trinajstić information content (AvgIpc) is 2.27. The standard InChI is InChI=1S/C12H25NOS/c1-10(8-9-15-3)13-11-6-4-5-7-12(11)14-2/h10-13H,4-9H2,1-3H3. The largest absolute Gasteiger partial charge is 0.380 e. The van der Waals surface area contributed by atoms with Crippen LogP contribution in [0.25, 0.3) is 0 Å². The van der Waals surface area contributed by atoms with Crippen LogP contribution in [0.1, 0.15) is 39.0 Å². The van der Waals surface area contributed by atoms with Gasteiger partial charge >= 0.3 is 0 Å². The summed E-state index contributed by atoms with van der Waals surface area (Å²) in [6, 6.07) is 1.21. The molecule has 0 aliphatic heterocycles. The van der Waals surface area contributed by atoms with E-state index in [2.05, 4.69) is 18.5 Å². The molecule has 0 saturated heterocycles. The summed E-state index contributed by atoms with van der Waals surface area (Å²) in [6.07, 6.45) is 9.06. The lowest BCUT2D eigenvalue weighted by Gasteiger charge is -2.33. The Bertz CT molecular complexity index is 166. The first-order valence-electron chi connectivity index (χ1n) is 6.05. The molecule has 0 aromatic rings. The summed E-state index contributed by atoms with van der Waals surface area (Å²) in [5.74, 6) is 1.25. The number of hydrogen-bond donors (Lipinski definition) is 1. The van der Waals surface area contributed by atoms with E-state index in [9.17, 15) is 0 Å². The minimum atomic E-state index is 0.440. The van der Waals surface area contributed by atoms with E-state index in [0.29, 0.717) is 18.2 Å². The summed E-state index contributed by atoms with van der Waals surface area (Å²) in [5, 5.41) is 3.72. The van der Waals surface area contributed by atoms with Gasteiger partial charge in [0.15, 0.2) is 0 Å². The summed E-state index contributed by atoms with van der Waals surface area (Å²) in [6.45, 7) is 2.29. The number of methoxy groups -OCH3 is 1. The van der Waals surface area contributed by atoms with Gasteiger partial charge in [-0.05, 0) is 38.2 Å². The Balaban J connectivity index is 2.27. The zero-order valence-corrected chi connectivity index (χ0v) is 11.1. The third-order valence-electron chi connectivity index (χ3n) is 3.26.